The molecule has 9 heteroatoms. The van der Waals surface area contributed by atoms with E-state index in [2.05, 4.69) is 15.0 Å². The quantitative estimate of drug-likeness (QED) is 0.635. The van der Waals surface area contributed by atoms with Gasteiger partial charge in [0.1, 0.15) is 29.7 Å². The van der Waals surface area contributed by atoms with E-state index in [0.29, 0.717) is 17.0 Å². The molecule has 0 aliphatic carbocycles. The maximum absolute atomic E-state index is 10.0. The number of aliphatic hydroxyl groups is 3. The van der Waals surface area contributed by atoms with Crippen molar-refractivity contribution in [2.45, 2.75) is 31.5 Å². The zero-order valence-electron chi connectivity index (χ0n) is 10.5. The van der Waals surface area contributed by atoms with Crippen LogP contribution in [0.25, 0.3) is 11.2 Å². The van der Waals surface area contributed by atoms with Gasteiger partial charge in [-0.1, -0.05) is 11.6 Å². The highest BCUT2D eigenvalue weighted by Crippen LogP contribution is 2.32. The van der Waals surface area contributed by atoms with E-state index < -0.39 is 31.1 Å². The Morgan fingerprint density at radius 2 is 2.10 bits per heavy atom. The van der Waals surface area contributed by atoms with Crippen LogP contribution in [0.3, 0.4) is 0 Å². The van der Waals surface area contributed by atoms with Gasteiger partial charge in [0.2, 0.25) is 0 Å². The van der Waals surface area contributed by atoms with Crippen molar-refractivity contribution in [3.05, 3.63) is 17.3 Å². The maximum Gasteiger partial charge on any atom is 0.167 e. The first-order chi connectivity index (χ1) is 9.52. The highest BCUT2D eigenvalue weighted by Gasteiger charge is 2.44. The van der Waals surface area contributed by atoms with Crippen LogP contribution in [0.2, 0.25) is 5.15 Å². The molecule has 1 fully saturated rings. The summed E-state index contributed by atoms with van der Waals surface area (Å²) in [5.41, 5.74) is 0.785. The molecule has 8 nitrogen and oxygen atoms in total. The normalized spacial score (nSPS) is 30.2. The Hall–Kier alpha value is -1.32. The van der Waals surface area contributed by atoms with Gasteiger partial charge in [-0.3, -0.25) is 4.57 Å². The predicted octanol–water partition coefficient (Wildman–Crippen LogP) is -0.600. The number of aliphatic hydroxyl groups excluding tert-OH is 3. The molecular formula is C11H13ClN4O4. The molecule has 4 atom stereocenters. The lowest BCUT2D eigenvalue weighted by atomic mass is 10.1. The molecular weight excluding hydrogens is 288 g/mol. The second-order valence-corrected chi connectivity index (χ2v) is 4.97. The first-order valence-corrected chi connectivity index (χ1v) is 6.40. The lowest BCUT2D eigenvalue weighted by molar-refractivity contribution is -0.0511. The molecule has 20 heavy (non-hydrogen) atoms. The van der Waals surface area contributed by atoms with E-state index in [1.54, 1.807) is 6.92 Å². The fourth-order valence-electron chi connectivity index (χ4n) is 2.28. The summed E-state index contributed by atoms with van der Waals surface area (Å²) in [6.07, 6.45) is -2.71. The third kappa shape index (κ3) is 1.97. The van der Waals surface area contributed by atoms with E-state index in [9.17, 15) is 10.2 Å². The molecule has 3 rings (SSSR count). The highest BCUT2D eigenvalue weighted by molar-refractivity contribution is 6.33. The molecule has 3 heterocycles. The molecule has 0 bridgehead atoms. The van der Waals surface area contributed by atoms with Crippen molar-refractivity contribution >= 4 is 22.8 Å². The van der Waals surface area contributed by atoms with Crippen LogP contribution < -0.4 is 0 Å². The Balaban J connectivity index is 2.07. The van der Waals surface area contributed by atoms with Gasteiger partial charge in [-0.05, 0) is 6.92 Å². The van der Waals surface area contributed by atoms with Crippen LogP contribution in [0, 0.1) is 6.92 Å². The van der Waals surface area contributed by atoms with E-state index >= 15 is 0 Å². The predicted molar refractivity (Wildman–Crippen MR) is 68.1 cm³/mol. The molecule has 1 saturated heterocycles. The summed E-state index contributed by atoms with van der Waals surface area (Å²) < 4.78 is 6.91. The Bertz CT molecular complexity index is 649. The van der Waals surface area contributed by atoms with Crippen LogP contribution in [0.1, 0.15) is 12.1 Å². The number of fused-ring (bicyclic) bond motifs is 1. The summed E-state index contributed by atoms with van der Waals surface area (Å²) in [7, 11) is 0. The molecule has 0 amide bonds. The van der Waals surface area contributed by atoms with Crippen LogP contribution in [0.5, 0.6) is 0 Å². The third-order valence-electron chi connectivity index (χ3n) is 3.28. The largest absolute Gasteiger partial charge is 0.394 e. The fourth-order valence-corrected chi connectivity index (χ4v) is 2.54. The number of hydrogen-bond acceptors (Lipinski definition) is 7. The third-order valence-corrected chi connectivity index (χ3v) is 3.55. The van der Waals surface area contributed by atoms with Crippen molar-refractivity contribution in [2.24, 2.45) is 0 Å². The van der Waals surface area contributed by atoms with Gasteiger partial charge in [-0.25, -0.2) is 15.0 Å². The lowest BCUT2D eigenvalue weighted by Gasteiger charge is -2.16. The summed E-state index contributed by atoms with van der Waals surface area (Å²) in [5.74, 6) is 0.455. The molecule has 2 aromatic heterocycles. The van der Waals surface area contributed by atoms with E-state index in [-0.39, 0.29) is 5.15 Å². The minimum Gasteiger partial charge on any atom is -0.394 e. The monoisotopic (exact) mass is 300 g/mol. The standard InChI is InChI=1S/C11H13ClN4O4/c1-4-14-9(12)6-10(15-4)16(3-13-6)11-8(19)7(18)5(2-17)20-11/h3,5,7-8,11,17-19H,2H2,1H3. The number of halogens is 1. The molecule has 0 spiro atoms. The minimum absolute atomic E-state index is 0.206. The molecule has 0 saturated carbocycles. The van der Waals surface area contributed by atoms with Gasteiger partial charge >= 0.3 is 0 Å². The van der Waals surface area contributed by atoms with Crippen molar-refractivity contribution in [1.82, 2.24) is 19.5 Å². The number of aryl methyl sites for hydroxylation is 1. The minimum atomic E-state index is -1.20. The zero-order chi connectivity index (χ0) is 14.4. The average molecular weight is 301 g/mol. The number of hydrogen-bond donors (Lipinski definition) is 3. The second kappa shape index (κ2) is 4.90. The van der Waals surface area contributed by atoms with Gasteiger partial charge in [0.15, 0.2) is 17.0 Å². The Labute approximate surface area is 118 Å². The Kier molecular flexibility index (Phi) is 3.35. The molecule has 2 aromatic rings. The van der Waals surface area contributed by atoms with E-state index in [1.165, 1.54) is 10.9 Å². The number of ether oxygens (including phenoxy) is 1. The van der Waals surface area contributed by atoms with Crippen molar-refractivity contribution in [2.75, 3.05) is 6.61 Å². The van der Waals surface area contributed by atoms with Gasteiger partial charge < -0.3 is 20.1 Å². The van der Waals surface area contributed by atoms with Crippen LogP contribution >= 0.6 is 11.6 Å². The summed E-state index contributed by atoms with van der Waals surface area (Å²) in [5, 5.41) is 29.1. The van der Waals surface area contributed by atoms with E-state index in [4.69, 9.17) is 21.4 Å². The van der Waals surface area contributed by atoms with Crippen molar-refractivity contribution in [3.63, 3.8) is 0 Å². The van der Waals surface area contributed by atoms with Gasteiger partial charge in [-0.2, -0.15) is 0 Å². The van der Waals surface area contributed by atoms with Gasteiger partial charge in [0.05, 0.1) is 12.9 Å². The van der Waals surface area contributed by atoms with Crippen molar-refractivity contribution in [1.29, 1.82) is 0 Å². The number of aromatic nitrogens is 4. The lowest BCUT2D eigenvalue weighted by Crippen LogP contribution is -2.33. The SMILES string of the molecule is Cc1nc(Cl)c2ncn(C3OC(CO)C(O)C3O)c2n1. The maximum atomic E-state index is 10.0. The molecule has 0 radical (unpaired) electrons. The van der Waals surface area contributed by atoms with Crippen molar-refractivity contribution < 1.29 is 20.1 Å². The first-order valence-electron chi connectivity index (χ1n) is 6.02. The summed E-state index contributed by atoms with van der Waals surface area (Å²) in [4.78, 5) is 12.3. The smallest absolute Gasteiger partial charge is 0.167 e. The molecule has 1 aliphatic heterocycles. The topological polar surface area (TPSA) is 114 Å². The number of nitrogens with zero attached hydrogens (tertiary/aromatic N) is 4. The molecule has 3 N–H and O–H groups in total. The van der Waals surface area contributed by atoms with Gasteiger partial charge in [-0.15, -0.1) is 0 Å². The summed E-state index contributed by atoms with van der Waals surface area (Å²) in [6, 6.07) is 0. The number of imidazole rings is 1. The summed E-state index contributed by atoms with van der Waals surface area (Å²) in [6.45, 7) is 1.29. The van der Waals surface area contributed by atoms with Crippen LogP contribution in [0.15, 0.2) is 6.33 Å². The molecule has 1 aliphatic rings. The first kappa shape index (κ1) is 13.7. The van der Waals surface area contributed by atoms with Crippen molar-refractivity contribution in [3.8, 4) is 0 Å². The Morgan fingerprint density at radius 1 is 1.35 bits per heavy atom. The Morgan fingerprint density at radius 3 is 2.75 bits per heavy atom. The summed E-state index contributed by atoms with van der Waals surface area (Å²) >= 11 is 5.98. The second-order valence-electron chi connectivity index (χ2n) is 4.61. The van der Waals surface area contributed by atoms with Gasteiger partial charge in [0, 0.05) is 0 Å². The number of rotatable bonds is 2. The van der Waals surface area contributed by atoms with Crippen LogP contribution in [-0.4, -0.2) is 59.8 Å². The van der Waals surface area contributed by atoms with E-state index in [1.807, 2.05) is 0 Å². The molecule has 4 unspecified atom stereocenters. The average Bonchev–Trinajstić information content (AvgIpc) is 2.93. The molecule has 108 valence electrons. The van der Waals surface area contributed by atoms with Crippen LogP contribution in [0.4, 0.5) is 0 Å². The highest BCUT2D eigenvalue weighted by atomic mass is 35.5. The van der Waals surface area contributed by atoms with Crippen LogP contribution in [-0.2, 0) is 4.74 Å². The van der Waals surface area contributed by atoms with Gasteiger partial charge in [0.25, 0.3) is 0 Å². The zero-order valence-corrected chi connectivity index (χ0v) is 11.3. The van der Waals surface area contributed by atoms with E-state index in [0.717, 1.165) is 0 Å². The molecule has 0 aromatic carbocycles. The fraction of sp³-hybridized carbons (Fsp3) is 0.545.